The van der Waals surface area contributed by atoms with Crippen LogP contribution in [0.2, 0.25) is 0 Å². The molecule has 0 bridgehead atoms. The highest BCUT2D eigenvalue weighted by Crippen LogP contribution is 2.18. The molecule has 0 unspecified atom stereocenters. The van der Waals surface area contributed by atoms with Gasteiger partial charge in [-0.3, -0.25) is 9.88 Å². The summed E-state index contributed by atoms with van der Waals surface area (Å²) < 4.78 is 5.20. The fourth-order valence-electron chi connectivity index (χ4n) is 2.86. The topological polar surface area (TPSA) is 84.1 Å². The molecule has 0 aromatic carbocycles. The van der Waals surface area contributed by atoms with Crippen LogP contribution in [0, 0.1) is 6.92 Å². The van der Waals surface area contributed by atoms with E-state index < -0.39 is 0 Å². The molecule has 0 spiro atoms. The van der Waals surface area contributed by atoms with E-state index in [0.29, 0.717) is 18.3 Å². The Morgan fingerprint density at radius 1 is 0.960 bits per heavy atom. The van der Waals surface area contributed by atoms with Crippen LogP contribution in [-0.2, 0) is 6.54 Å². The molecular weight excluding hydrogens is 318 g/mol. The second kappa shape index (κ2) is 6.94. The quantitative estimate of drug-likeness (QED) is 0.709. The van der Waals surface area contributed by atoms with Crippen LogP contribution in [-0.4, -0.2) is 56.2 Å². The lowest BCUT2D eigenvalue weighted by Crippen LogP contribution is -2.46. The van der Waals surface area contributed by atoms with E-state index in [1.165, 1.54) is 0 Å². The molecule has 4 rings (SSSR count). The molecule has 0 amide bonds. The second-order valence-corrected chi connectivity index (χ2v) is 5.96. The fourth-order valence-corrected chi connectivity index (χ4v) is 2.86. The van der Waals surface area contributed by atoms with E-state index in [1.54, 1.807) is 12.4 Å². The molecule has 0 saturated carbocycles. The average molecular weight is 337 g/mol. The van der Waals surface area contributed by atoms with Gasteiger partial charge in [0.25, 0.3) is 0 Å². The third-order valence-corrected chi connectivity index (χ3v) is 4.15. The zero-order valence-corrected chi connectivity index (χ0v) is 14.0. The van der Waals surface area contributed by atoms with Crippen molar-refractivity contribution < 1.29 is 4.52 Å². The number of aryl methyl sites for hydroxylation is 1. The van der Waals surface area contributed by atoms with Crippen LogP contribution in [0.5, 0.6) is 0 Å². The first-order chi connectivity index (χ1) is 12.3. The highest BCUT2D eigenvalue weighted by atomic mass is 16.5. The van der Waals surface area contributed by atoms with Crippen LogP contribution >= 0.6 is 0 Å². The number of hydrogen-bond acceptors (Lipinski definition) is 8. The van der Waals surface area contributed by atoms with Crippen LogP contribution in [0.1, 0.15) is 11.7 Å². The van der Waals surface area contributed by atoms with Gasteiger partial charge in [-0.25, -0.2) is 9.97 Å². The third kappa shape index (κ3) is 3.63. The number of hydrogen-bond donors (Lipinski definition) is 0. The lowest BCUT2D eigenvalue weighted by Gasteiger charge is -2.33. The number of nitrogens with zero attached hydrogens (tertiary/aromatic N) is 7. The van der Waals surface area contributed by atoms with Gasteiger partial charge in [-0.05, 0) is 25.1 Å². The minimum atomic E-state index is 0.666. The average Bonchev–Trinajstić information content (AvgIpc) is 3.08. The van der Waals surface area contributed by atoms with E-state index in [2.05, 4.69) is 34.9 Å². The van der Waals surface area contributed by atoms with Gasteiger partial charge in [0.2, 0.25) is 11.8 Å². The Bertz CT molecular complexity index is 828. The highest BCUT2D eigenvalue weighted by molar-refractivity contribution is 5.55. The molecule has 8 heteroatoms. The van der Waals surface area contributed by atoms with Gasteiger partial charge in [0.15, 0.2) is 5.82 Å². The van der Waals surface area contributed by atoms with Gasteiger partial charge < -0.3 is 9.42 Å². The molecule has 128 valence electrons. The molecular formula is C17H19N7O. The van der Waals surface area contributed by atoms with Crippen molar-refractivity contribution in [2.75, 3.05) is 31.1 Å². The molecule has 3 aromatic heterocycles. The summed E-state index contributed by atoms with van der Waals surface area (Å²) in [6.07, 6.45) is 3.56. The molecule has 1 aliphatic rings. The predicted molar refractivity (Wildman–Crippen MR) is 91.8 cm³/mol. The fraction of sp³-hybridized carbons (Fsp3) is 0.353. The van der Waals surface area contributed by atoms with Crippen LogP contribution in [0.4, 0.5) is 5.95 Å². The zero-order chi connectivity index (χ0) is 17.1. The normalized spacial score (nSPS) is 15.5. The van der Waals surface area contributed by atoms with Crippen molar-refractivity contribution in [3.8, 4) is 11.4 Å². The Kier molecular flexibility index (Phi) is 4.34. The first-order valence-corrected chi connectivity index (χ1v) is 8.29. The first kappa shape index (κ1) is 15.6. The van der Waals surface area contributed by atoms with Crippen molar-refractivity contribution in [1.82, 2.24) is 30.0 Å². The van der Waals surface area contributed by atoms with Crippen LogP contribution in [0.3, 0.4) is 0 Å². The van der Waals surface area contributed by atoms with Gasteiger partial charge in [0.1, 0.15) is 0 Å². The molecule has 1 fully saturated rings. The predicted octanol–water partition coefficient (Wildman–Crippen LogP) is 1.55. The molecule has 0 aliphatic carbocycles. The Balaban J connectivity index is 1.41. The van der Waals surface area contributed by atoms with E-state index in [9.17, 15) is 0 Å². The Hall–Kier alpha value is -2.87. The number of anilines is 1. The smallest absolute Gasteiger partial charge is 0.240 e. The lowest BCUT2D eigenvalue weighted by atomic mass is 10.2. The molecule has 4 heterocycles. The van der Waals surface area contributed by atoms with Crippen molar-refractivity contribution in [2.24, 2.45) is 0 Å². The number of rotatable bonds is 4. The maximum Gasteiger partial charge on any atom is 0.240 e. The van der Waals surface area contributed by atoms with E-state index in [-0.39, 0.29) is 0 Å². The van der Waals surface area contributed by atoms with Gasteiger partial charge in [-0.15, -0.1) is 0 Å². The van der Waals surface area contributed by atoms with Gasteiger partial charge in [0.05, 0.1) is 17.9 Å². The molecule has 25 heavy (non-hydrogen) atoms. The summed E-state index contributed by atoms with van der Waals surface area (Å²) in [5.74, 6) is 2.09. The summed E-state index contributed by atoms with van der Waals surface area (Å²) in [5.41, 5.74) is 1.70. The van der Waals surface area contributed by atoms with Gasteiger partial charge in [0, 0.05) is 38.6 Å². The lowest BCUT2D eigenvalue weighted by molar-refractivity contribution is 0.214. The molecule has 0 atom stereocenters. The van der Waals surface area contributed by atoms with Crippen molar-refractivity contribution in [3.63, 3.8) is 0 Å². The van der Waals surface area contributed by atoms with Gasteiger partial charge in [-0.2, -0.15) is 4.98 Å². The van der Waals surface area contributed by atoms with Crippen LogP contribution < -0.4 is 4.90 Å². The maximum atomic E-state index is 5.20. The summed E-state index contributed by atoms with van der Waals surface area (Å²) in [5, 5.41) is 3.83. The largest absolute Gasteiger partial charge is 0.338 e. The molecule has 3 aromatic rings. The van der Waals surface area contributed by atoms with Gasteiger partial charge >= 0.3 is 0 Å². The molecule has 0 N–H and O–H groups in total. The van der Waals surface area contributed by atoms with E-state index in [4.69, 9.17) is 4.52 Å². The zero-order valence-electron chi connectivity index (χ0n) is 14.0. The highest BCUT2D eigenvalue weighted by Gasteiger charge is 2.21. The minimum Gasteiger partial charge on any atom is -0.338 e. The van der Waals surface area contributed by atoms with E-state index in [0.717, 1.165) is 43.5 Å². The van der Waals surface area contributed by atoms with Crippen molar-refractivity contribution in [1.29, 1.82) is 0 Å². The Morgan fingerprint density at radius 2 is 1.84 bits per heavy atom. The molecule has 1 aliphatic heterocycles. The summed E-state index contributed by atoms with van der Waals surface area (Å²) >= 11 is 0. The number of piperazine rings is 1. The van der Waals surface area contributed by atoms with Crippen molar-refractivity contribution >= 4 is 5.95 Å². The summed E-state index contributed by atoms with van der Waals surface area (Å²) in [6, 6.07) is 7.70. The SMILES string of the molecule is Cc1noc(CN2CCN(c3nccc(-c4ccccn4)n3)CC2)n1. The first-order valence-electron chi connectivity index (χ1n) is 8.29. The minimum absolute atomic E-state index is 0.666. The maximum absolute atomic E-state index is 5.20. The summed E-state index contributed by atoms with van der Waals surface area (Å²) in [4.78, 5) is 22.2. The summed E-state index contributed by atoms with van der Waals surface area (Å²) in [6.45, 7) is 6.04. The Morgan fingerprint density at radius 3 is 2.56 bits per heavy atom. The monoisotopic (exact) mass is 337 g/mol. The number of aromatic nitrogens is 5. The Labute approximate surface area is 145 Å². The molecule has 0 radical (unpaired) electrons. The number of pyridine rings is 1. The van der Waals surface area contributed by atoms with Crippen LogP contribution in [0.15, 0.2) is 41.2 Å². The van der Waals surface area contributed by atoms with Crippen molar-refractivity contribution in [2.45, 2.75) is 13.5 Å². The van der Waals surface area contributed by atoms with E-state index >= 15 is 0 Å². The standard InChI is InChI=1S/C17H19N7O/c1-13-20-16(25-22-13)12-23-8-10-24(11-9-23)17-19-7-5-15(21-17)14-4-2-3-6-18-14/h2-7H,8-12H2,1H3. The molecule has 8 nitrogen and oxygen atoms in total. The summed E-state index contributed by atoms with van der Waals surface area (Å²) in [7, 11) is 0. The second-order valence-electron chi connectivity index (χ2n) is 5.96. The van der Waals surface area contributed by atoms with Crippen molar-refractivity contribution in [3.05, 3.63) is 48.4 Å². The van der Waals surface area contributed by atoms with E-state index in [1.807, 2.05) is 31.2 Å². The molecule has 1 saturated heterocycles. The third-order valence-electron chi connectivity index (χ3n) is 4.15. The van der Waals surface area contributed by atoms with Gasteiger partial charge in [-0.1, -0.05) is 11.2 Å². The van der Waals surface area contributed by atoms with Crippen LogP contribution in [0.25, 0.3) is 11.4 Å².